The van der Waals surface area contributed by atoms with E-state index in [1.54, 1.807) is 0 Å². The molecule has 11 aromatic rings. The van der Waals surface area contributed by atoms with Gasteiger partial charge in [-0.25, -0.2) is 0 Å². The number of para-hydroxylation sites is 1. The lowest BCUT2D eigenvalue weighted by Gasteiger charge is -2.40. The fraction of sp³-hybridized carbons (Fsp3) is 0.0175. The van der Waals surface area contributed by atoms with Gasteiger partial charge in [0.15, 0.2) is 0 Å². The van der Waals surface area contributed by atoms with Crippen LogP contribution in [0.4, 0.5) is 17.1 Å². The van der Waals surface area contributed by atoms with Crippen LogP contribution < -0.4 is 4.90 Å². The van der Waals surface area contributed by atoms with Crippen LogP contribution in [-0.4, -0.2) is 0 Å². The second-order valence-corrected chi connectivity index (χ2v) is 15.9. The van der Waals surface area contributed by atoms with Crippen LogP contribution in [-0.2, 0) is 5.41 Å². The lowest BCUT2D eigenvalue weighted by atomic mass is 9.61. The molecule has 0 amide bonds. The molecular formula is C57H35NO. The number of furan rings is 1. The molecule has 274 valence electrons. The highest BCUT2D eigenvalue weighted by molar-refractivity contribution is 6.12. The van der Waals surface area contributed by atoms with Crippen molar-refractivity contribution in [2.24, 2.45) is 0 Å². The molecule has 1 aromatic heterocycles. The first-order valence-electron chi connectivity index (χ1n) is 20.4. The molecule has 0 saturated heterocycles. The molecule has 1 spiro atoms. The smallest absolute Gasteiger partial charge is 0.135 e. The highest BCUT2D eigenvalue weighted by Crippen LogP contribution is 2.63. The van der Waals surface area contributed by atoms with Crippen LogP contribution >= 0.6 is 0 Å². The minimum absolute atomic E-state index is 0.560. The van der Waals surface area contributed by atoms with E-state index in [0.29, 0.717) is 0 Å². The van der Waals surface area contributed by atoms with Crippen LogP contribution in [0.2, 0.25) is 0 Å². The van der Waals surface area contributed by atoms with Crippen molar-refractivity contribution in [3.8, 4) is 33.4 Å². The Morgan fingerprint density at radius 2 is 0.915 bits per heavy atom. The molecule has 2 aliphatic rings. The number of rotatable bonds is 4. The third-order valence-corrected chi connectivity index (χ3v) is 13.1. The normalized spacial score (nSPS) is 14.8. The monoisotopic (exact) mass is 749 g/mol. The zero-order valence-corrected chi connectivity index (χ0v) is 32.1. The summed E-state index contributed by atoms with van der Waals surface area (Å²) in [4.78, 5) is 2.46. The van der Waals surface area contributed by atoms with Crippen molar-refractivity contribution in [3.63, 3.8) is 0 Å². The topological polar surface area (TPSA) is 16.4 Å². The Kier molecular flexibility index (Phi) is 6.68. The molecular weight excluding hydrogens is 715 g/mol. The van der Waals surface area contributed by atoms with Crippen LogP contribution in [0.25, 0.3) is 76.9 Å². The van der Waals surface area contributed by atoms with Gasteiger partial charge in [-0.1, -0.05) is 170 Å². The molecule has 0 aliphatic heterocycles. The second-order valence-electron chi connectivity index (χ2n) is 15.9. The summed E-state index contributed by atoms with van der Waals surface area (Å²) >= 11 is 0. The van der Waals surface area contributed by atoms with Crippen molar-refractivity contribution in [1.82, 2.24) is 0 Å². The Labute approximate surface area is 341 Å². The molecule has 59 heavy (non-hydrogen) atoms. The minimum Gasteiger partial charge on any atom is -0.456 e. The Balaban J connectivity index is 1.13. The molecule has 0 N–H and O–H groups in total. The van der Waals surface area contributed by atoms with Gasteiger partial charge in [-0.05, 0) is 114 Å². The van der Waals surface area contributed by atoms with Crippen LogP contribution in [0.3, 0.4) is 0 Å². The lowest BCUT2D eigenvalue weighted by molar-refractivity contribution is 0.669. The van der Waals surface area contributed by atoms with E-state index in [9.17, 15) is 0 Å². The maximum Gasteiger partial charge on any atom is 0.135 e. The van der Waals surface area contributed by atoms with Gasteiger partial charge in [-0.2, -0.15) is 0 Å². The molecule has 0 saturated carbocycles. The highest BCUT2D eigenvalue weighted by atomic mass is 16.3. The molecule has 0 radical (unpaired) electrons. The maximum absolute atomic E-state index is 6.35. The van der Waals surface area contributed by atoms with Gasteiger partial charge >= 0.3 is 0 Å². The number of fused-ring (bicyclic) bond motifs is 13. The molecule has 1 heterocycles. The van der Waals surface area contributed by atoms with Gasteiger partial charge < -0.3 is 9.32 Å². The van der Waals surface area contributed by atoms with E-state index in [2.05, 4.69) is 211 Å². The standard InChI is InChI=1S/C57H35NO/c1-2-14-36(15-3-1)40-31-32-47-43-20-7-10-24-50(43)57(51-25-13-22-46(40)56(47)51)49-23-9-6-19-42(49)44-30-28-39(35-52(44)57)58(53-26-12-17-37-16-4-5-18-41(37)53)38-29-33-55-48(34-38)45-21-8-11-27-54(45)59-55/h1-35H. The zero-order valence-electron chi connectivity index (χ0n) is 32.1. The molecule has 13 rings (SSSR count). The first kappa shape index (κ1) is 32.4. The Hall–Kier alpha value is -7.68. The van der Waals surface area contributed by atoms with Crippen LogP contribution in [0, 0.1) is 0 Å². The van der Waals surface area contributed by atoms with Gasteiger partial charge in [0.05, 0.1) is 11.1 Å². The Bertz CT molecular complexity index is 3520. The molecule has 2 heteroatoms. The van der Waals surface area contributed by atoms with E-state index in [0.717, 1.165) is 39.0 Å². The summed E-state index contributed by atoms with van der Waals surface area (Å²) in [5.41, 5.74) is 17.4. The summed E-state index contributed by atoms with van der Waals surface area (Å²) in [6.07, 6.45) is 0. The molecule has 1 unspecified atom stereocenters. The van der Waals surface area contributed by atoms with Gasteiger partial charge in [0.2, 0.25) is 0 Å². The number of nitrogens with zero attached hydrogens (tertiary/aromatic N) is 1. The van der Waals surface area contributed by atoms with E-state index in [4.69, 9.17) is 4.42 Å². The maximum atomic E-state index is 6.35. The van der Waals surface area contributed by atoms with Gasteiger partial charge in [0.1, 0.15) is 11.2 Å². The van der Waals surface area contributed by atoms with E-state index >= 15 is 0 Å². The van der Waals surface area contributed by atoms with Crippen molar-refractivity contribution >= 4 is 60.5 Å². The van der Waals surface area contributed by atoms with Gasteiger partial charge in [-0.3, -0.25) is 0 Å². The third-order valence-electron chi connectivity index (χ3n) is 13.1. The summed E-state index contributed by atoms with van der Waals surface area (Å²) in [6.45, 7) is 0. The summed E-state index contributed by atoms with van der Waals surface area (Å²) in [5.74, 6) is 0. The Morgan fingerprint density at radius 1 is 0.339 bits per heavy atom. The predicted octanol–water partition coefficient (Wildman–Crippen LogP) is 15.4. The van der Waals surface area contributed by atoms with E-state index in [1.807, 2.05) is 6.07 Å². The number of anilines is 3. The summed E-state index contributed by atoms with van der Waals surface area (Å²) in [5, 5.41) is 7.22. The summed E-state index contributed by atoms with van der Waals surface area (Å²) < 4.78 is 6.35. The molecule has 0 bridgehead atoms. The Morgan fingerprint density at radius 3 is 1.78 bits per heavy atom. The number of hydrogen-bond donors (Lipinski definition) is 0. The van der Waals surface area contributed by atoms with Crippen molar-refractivity contribution in [2.45, 2.75) is 5.41 Å². The molecule has 1 atom stereocenters. The third kappa shape index (κ3) is 4.40. The average Bonchev–Trinajstić information content (AvgIpc) is 3.82. The van der Waals surface area contributed by atoms with Gasteiger partial charge in [0, 0.05) is 27.5 Å². The van der Waals surface area contributed by atoms with Crippen molar-refractivity contribution in [2.75, 3.05) is 4.90 Å². The fourth-order valence-corrected chi connectivity index (χ4v) is 10.7. The highest BCUT2D eigenvalue weighted by Gasteiger charge is 2.50. The van der Waals surface area contributed by atoms with Crippen LogP contribution in [0.15, 0.2) is 217 Å². The fourth-order valence-electron chi connectivity index (χ4n) is 10.7. The van der Waals surface area contributed by atoms with E-state index in [1.165, 1.54) is 77.2 Å². The lowest BCUT2D eigenvalue weighted by Crippen LogP contribution is -2.32. The quantitative estimate of drug-likeness (QED) is 0.178. The van der Waals surface area contributed by atoms with E-state index < -0.39 is 5.41 Å². The minimum atomic E-state index is -0.560. The average molecular weight is 750 g/mol. The van der Waals surface area contributed by atoms with Crippen LogP contribution in [0.1, 0.15) is 22.3 Å². The second kappa shape index (κ2) is 12.2. The molecule has 2 nitrogen and oxygen atoms in total. The molecule has 10 aromatic carbocycles. The largest absolute Gasteiger partial charge is 0.456 e. The first-order valence-corrected chi connectivity index (χ1v) is 20.4. The zero-order chi connectivity index (χ0) is 38.7. The first-order chi connectivity index (χ1) is 29.3. The van der Waals surface area contributed by atoms with Crippen LogP contribution in [0.5, 0.6) is 0 Å². The molecule has 0 fully saturated rings. The summed E-state index contributed by atoms with van der Waals surface area (Å²) in [7, 11) is 0. The van der Waals surface area contributed by atoms with Crippen molar-refractivity contribution < 1.29 is 4.42 Å². The van der Waals surface area contributed by atoms with E-state index in [-0.39, 0.29) is 0 Å². The summed E-state index contributed by atoms with van der Waals surface area (Å²) in [6, 6.07) is 78.3. The molecule has 2 aliphatic carbocycles. The predicted molar refractivity (Wildman–Crippen MR) is 245 cm³/mol. The number of benzene rings is 10. The van der Waals surface area contributed by atoms with Crippen molar-refractivity contribution in [3.05, 3.63) is 235 Å². The van der Waals surface area contributed by atoms with Gasteiger partial charge in [0.25, 0.3) is 0 Å². The SMILES string of the molecule is c1ccc(-c2ccc3c4c(cccc24)C2(c4ccccc4-c4ccc(N(c5ccc6oc7ccccc7c6c5)c5cccc6ccccc56)cc42)c2ccccc2-3)cc1. The van der Waals surface area contributed by atoms with Crippen molar-refractivity contribution in [1.29, 1.82) is 0 Å². The van der Waals surface area contributed by atoms with Gasteiger partial charge in [-0.15, -0.1) is 0 Å². The number of hydrogen-bond acceptors (Lipinski definition) is 2.